The Kier molecular flexibility index (Phi) is 9.06. The van der Waals surface area contributed by atoms with Crippen molar-refractivity contribution in [1.29, 1.82) is 0 Å². The van der Waals surface area contributed by atoms with Gasteiger partial charge in [0.2, 0.25) is 17.6 Å². The zero-order valence-electron chi connectivity index (χ0n) is 21.6. The number of carbonyl (C=O) groups excluding carboxylic acids is 4. The summed E-state index contributed by atoms with van der Waals surface area (Å²) in [5.74, 6) is -1.45. The van der Waals surface area contributed by atoms with Gasteiger partial charge in [0.1, 0.15) is 11.4 Å². The first-order valence-electron chi connectivity index (χ1n) is 12.3. The maximum atomic E-state index is 12.9. The van der Waals surface area contributed by atoms with Crippen LogP contribution >= 0.6 is 23.4 Å². The summed E-state index contributed by atoms with van der Waals surface area (Å²) >= 11 is 7.09. The van der Waals surface area contributed by atoms with E-state index in [1.165, 1.54) is 49.4 Å². The summed E-state index contributed by atoms with van der Waals surface area (Å²) in [6, 6.07) is 8.18. The molecule has 212 valence electrons. The fourth-order valence-electron chi connectivity index (χ4n) is 4.07. The summed E-state index contributed by atoms with van der Waals surface area (Å²) in [6.45, 7) is 4.05. The zero-order valence-corrected chi connectivity index (χ0v) is 24.0. The molecule has 0 saturated carbocycles. The molecule has 40 heavy (non-hydrogen) atoms. The van der Waals surface area contributed by atoms with Gasteiger partial charge in [-0.1, -0.05) is 11.6 Å². The van der Waals surface area contributed by atoms with Crippen LogP contribution in [0.25, 0.3) is 6.08 Å². The zero-order chi connectivity index (χ0) is 29.0. The number of hydrogen-bond donors (Lipinski definition) is 1. The maximum absolute atomic E-state index is 12.9. The van der Waals surface area contributed by atoms with E-state index in [0.29, 0.717) is 36.1 Å². The van der Waals surface area contributed by atoms with E-state index in [2.05, 4.69) is 5.32 Å². The Morgan fingerprint density at radius 3 is 2.42 bits per heavy atom. The summed E-state index contributed by atoms with van der Waals surface area (Å²) in [7, 11) is -4.34. The summed E-state index contributed by atoms with van der Waals surface area (Å²) in [6.07, 6.45) is 3.20. The van der Waals surface area contributed by atoms with Crippen molar-refractivity contribution in [2.75, 3.05) is 31.6 Å². The molecule has 2 aliphatic heterocycles. The molecule has 0 aromatic heterocycles. The number of rotatable bonds is 9. The average molecular weight is 608 g/mol. The Labute approximate surface area is 240 Å². The number of carbonyl (C=O) groups is 4. The number of hydrogen-bond acceptors (Lipinski definition) is 9. The summed E-state index contributed by atoms with van der Waals surface area (Å²) in [5.41, 5.74) is 0.767. The van der Waals surface area contributed by atoms with Crippen LogP contribution in [0, 0.1) is 0 Å². The second-order valence-corrected chi connectivity index (χ2v) is 11.8. The molecule has 11 nitrogen and oxygen atoms in total. The smallest absolute Gasteiger partial charge is 0.339 e. The van der Waals surface area contributed by atoms with E-state index >= 15 is 0 Å². The molecule has 14 heteroatoms. The molecule has 2 saturated heterocycles. The van der Waals surface area contributed by atoms with Crippen molar-refractivity contribution in [3.05, 3.63) is 51.9 Å². The second-order valence-electron chi connectivity index (χ2n) is 8.86. The lowest BCUT2D eigenvalue weighted by Gasteiger charge is -2.18. The molecular formula is C26H26ClN3O8S2. The molecule has 4 rings (SSSR count). The van der Waals surface area contributed by atoms with E-state index in [1.54, 1.807) is 11.8 Å². The lowest BCUT2D eigenvalue weighted by atomic mass is 10.2. The third kappa shape index (κ3) is 6.77. The Hall–Kier alpha value is -3.55. The van der Waals surface area contributed by atoms with Crippen molar-refractivity contribution in [3.8, 4) is 11.5 Å². The minimum Gasteiger partial charge on any atom is -0.490 e. The van der Waals surface area contributed by atoms with E-state index in [1.807, 2.05) is 0 Å². The summed E-state index contributed by atoms with van der Waals surface area (Å²) in [4.78, 5) is 51.5. The normalized spacial score (nSPS) is 16.5. The third-order valence-corrected chi connectivity index (χ3v) is 8.34. The Bertz CT molecular complexity index is 1490. The van der Waals surface area contributed by atoms with E-state index in [-0.39, 0.29) is 51.3 Å². The topological polar surface area (TPSA) is 139 Å². The fourth-order valence-corrected chi connectivity index (χ4v) is 6.17. The molecule has 0 unspecified atom stereocenters. The minimum atomic E-state index is -4.34. The van der Waals surface area contributed by atoms with Crippen LogP contribution in [0.5, 0.6) is 11.5 Å². The number of imide groups is 1. The van der Waals surface area contributed by atoms with Gasteiger partial charge in [0.15, 0.2) is 5.75 Å². The molecule has 0 radical (unpaired) electrons. The van der Waals surface area contributed by atoms with Gasteiger partial charge >= 0.3 is 10.1 Å². The molecular weight excluding hydrogens is 582 g/mol. The standard InChI is InChI=1S/C26H26ClN3O8S2/c1-3-37-21-13-17(14-22-25(33)30(26(34)39-22)15-23(32)29-10-4-5-11-29)12-20(27)24(21)38-40(35,36)19-8-6-18(7-9-19)28-16(2)31/h6-9,12-14H,3-5,10-11,15H2,1-2H3,(H,28,31)/b22-14-. The molecule has 2 fully saturated rings. The number of nitrogens with one attached hydrogen (secondary N) is 1. The number of halogens is 1. The number of anilines is 1. The van der Waals surface area contributed by atoms with Crippen molar-refractivity contribution in [2.45, 2.75) is 31.6 Å². The van der Waals surface area contributed by atoms with Gasteiger partial charge in [-0.25, -0.2) is 0 Å². The number of ether oxygens (including phenoxy) is 1. The fraction of sp³-hybridized carbons (Fsp3) is 0.308. The first-order chi connectivity index (χ1) is 19.0. The predicted octanol–water partition coefficient (Wildman–Crippen LogP) is 4.12. The van der Waals surface area contributed by atoms with Crippen molar-refractivity contribution < 1.29 is 36.5 Å². The highest BCUT2D eigenvalue weighted by atomic mass is 35.5. The van der Waals surface area contributed by atoms with Gasteiger partial charge in [0.25, 0.3) is 11.1 Å². The van der Waals surface area contributed by atoms with Gasteiger partial charge in [-0.05, 0) is 79.6 Å². The van der Waals surface area contributed by atoms with E-state index in [0.717, 1.165) is 17.7 Å². The highest BCUT2D eigenvalue weighted by molar-refractivity contribution is 8.18. The number of amides is 4. The number of likely N-dealkylation sites (tertiary alicyclic amines) is 1. The van der Waals surface area contributed by atoms with Crippen molar-refractivity contribution in [2.24, 2.45) is 0 Å². The monoisotopic (exact) mass is 607 g/mol. The van der Waals surface area contributed by atoms with Gasteiger partial charge < -0.3 is 19.1 Å². The third-order valence-electron chi connectivity index (χ3n) is 5.91. The quantitative estimate of drug-likeness (QED) is 0.329. The molecule has 4 amide bonds. The predicted molar refractivity (Wildman–Crippen MR) is 150 cm³/mol. The molecule has 0 aliphatic carbocycles. The lowest BCUT2D eigenvalue weighted by Crippen LogP contribution is -2.40. The van der Waals surface area contributed by atoms with Crippen molar-refractivity contribution in [1.82, 2.24) is 9.80 Å². The molecule has 2 aliphatic rings. The van der Waals surface area contributed by atoms with Gasteiger partial charge in [-0.2, -0.15) is 8.42 Å². The van der Waals surface area contributed by atoms with Crippen LogP contribution in [0.1, 0.15) is 32.3 Å². The number of thioether (sulfide) groups is 1. The largest absolute Gasteiger partial charge is 0.490 e. The van der Waals surface area contributed by atoms with E-state index in [4.69, 9.17) is 20.5 Å². The van der Waals surface area contributed by atoms with Gasteiger partial charge in [-0.15, -0.1) is 0 Å². The highest BCUT2D eigenvalue weighted by Gasteiger charge is 2.37. The SMILES string of the molecule is CCOc1cc(/C=C2\SC(=O)N(CC(=O)N3CCCC3)C2=O)cc(Cl)c1OS(=O)(=O)c1ccc(NC(C)=O)cc1. The van der Waals surface area contributed by atoms with Crippen LogP contribution in [-0.4, -0.2) is 67.4 Å². The van der Waals surface area contributed by atoms with Crippen molar-refractivity contribution >= 4 is 68.2 Å². The minimum absolute atomic E-state index is 0.00290. The molecule has 2 aromatic rings. The first-order valence-corrected chi connectivity index (χ1v) is 14.9. The molecule has 2 heterocycles. The van der Waals surface area contributed by atoms with Crippen LogP contribution in [0.3, 0.4) is 0 Å². The molecule has 1 N–H and O–H groups in total. The number of nitrogens with zero attached hydrogens (tertiary/aromatic N) is 2. The Morgan fingerprint density at radius 2 is 1.80 bits per heavy atom. The molecule has 0 atom stereocenters. The Morgan fingerprint density at radius 1 is 1.12 bits per heavy atom. The average Bonchev–Trinajstić information content (AvgIpc) is 3.51. The summed E-state index contributed by atoms with van der Waals surface area (Å²) in [5, 5.41) is 1.87. The van der Waals surface area contributed by atoms with Gasteiger partial charge in [-0.3, -0.25) is 24.1 Å². The maximum Gasteiger partial charge on any atom is 0.339 e. The van der Waals surface area contributed by atoms with Crippen LogP contribution in [0.4, 0.5) is 10.5 Å². The molecule has 2 aromatic carbocycles. The van der Waals surface area contributed by atoms with Crippen LogP contribution in [0.15, 0.2) is 46.2 Å². The summed E-state index contributed by atoms with van der Waals surface area (Å²) < 4.78 is 36.8. The van der Waals surface area contributed by atoms with Crippen molar-refractivity contribution in [3.63, 3.8) is 0 Å². The van der Waals surface area contributed by atoms with Crippen LogP contribution in [0.2, 0.25) is 5.02 Å². The van der Waals surface area contributed by atoms with Gasteiger partial charge in [0, 0.05) is 25.7 Å². The molecule has 0 bridgehead atoms. The van der Waals surface area contributed by atoms with Crippen LogP contribution in [-0.2, 0) is 24.5 Å². The first kappa shape index (κ1) is 29.4. The van der Waals surface area contributed by atoms with Gasteiger partial charge in [0.05, 0.1) is 16.5 Å². The highest BCUT2D eigenvalue weighted by Crippen LogP contribution is 2.40. The molecule has 0 spiro atoms. The second kappa shape index (κ2) is 12.3. The van der Waals surface area contributed by atoms with E-state index in [9.17, 15) is 27.6 Å². The lowest BCUT2D eigenvalue weighted by molar-refractivity contribution is -0.135. The number of benzene rings is 2. The van der Waals surface area contributed by atoms with E-state index < -0.39 is 21.3 Å². The van der Waals surface area contributed by atoms with Crippen LogP contribution < -0.4 is 14.2 Å². The Balaban J connectivity index is 1.56.